The lowest BCUT2D eigenvalue weighted by Gasteiger charge is -2.24. The van der Waals surface area contributed by atoms with E-state index in [4.69, 9.17) is 4.74 Å². The second-order valence-corrected chi connectivity index (χ2v) is 8.34. The third-order valence-corrected chi connectivity index (χ3v) is 6.18. The molecule has 0 saturated carbocycles. The monoisotopic (exact) mass is 441 g/mol. The van der Waals surface area contributed by atoms with Gasteiger partial charge in [-0.3, -0.25) is 14.2 Å². The van der Waals surface area contributed by atoms with Crippen LogP contribution in [0.25, 0.3) is 0 Å². The Labute approximate surface area is 193 Å². The summed E-state index contributed by atoms with van der Waals surface area (Å²) < 4.78 is 9.37. The summed E-state index contributed by atoms with van der Waals surface area (Å²) >= 11 is 0. The van der Waals surface area contributed by atoms with Gasteiger partial charge in [0.05, 0.1) is 32.4 Å². The third-order valence-electron chi connectivity index (χ3n) is 6.18. The number of nitrogens with zero attached hydrogens (tertiary/aromatic N) is 4. The van der Waals surface area contributed by atoms with E-state index in [0.29, 0.717) is 12.1 Å². The summed E-state index contributed by atoms with van der Waals surface area (Å²) in [7, 11) is 1.64. The molecule has 0 radical (unpaired) electrons. The molecule has 0 spiro atoms. The number of amides is 1. The third kappa shape index (κ3) is 4.53. The van der Waals surface area contributed by atoms with E-state index in [-0.39, 0.29) is 11.9 Å². The molecule has 33 heavy (non-hydrogen) atoms. The topological polar surface area (TPSA) is 74.0 Å². The molecule has 1 N–H and O–H groups in total. The summed E-state index contributed by atoms with van der Waals surface area (Å²) in [6.07, 6.45) is 8.45. The second kappa shape index (κ2) is 9.32. The molecule has 1 amide bonds. The number of carbonyl (C=O) groups is 1. The minimum Gasteiger partial charge on any atom is -0.496 e. The fraction of sp³-hybridized carbons (Fsp3) is 0.269. The molecule has 0 saturated heterocycles. The number of ether oxygens (including phenoxy) is 1. The Morgan fingerprint density at radius 1 is 1.12 bits per heavy atom. The number of benzene rings is 2. The van der Waals surface area contributed by atoms with Crippen molar-refractivity contribution in [1.29, 1.82) is 0 Å². The van der Waals surface area contributed by atoms with Gasteiger partial charge in [0.15, 0.2) is 0 Å². The Morgan fingerprint density at radius 2 is 2.00 bits per heavy atom. The number of carbonyl (C=O) groups excluding carboxylic acids is 1. The van der Waals surface area contributed by atoms with Gasteiger partial charge in [0.1, 0.15) is 5.75 Å². The summed E-state index contributed by atoms with van der Waals surface area (Å²) in [6.45, 7) is 1.28. The average molecular weight is 442 g/mol. The molecular weight excluding hydrogens is 414 g/mol. The van der Waals surface area contributed by atoms with E-state index in [1.165, 1.54) is 11.3 Å². The van der Waals surface area contributed by atoms with Crippen LogP contribution in [-0.2, 0) is 19.5 Å². The predicted molar refractivity (Wildman–Crippen MR) is 125 cm³/mol. The zero-order valence-corrected chi connectivity index (χ0v) is 18.6. The lowest BCUT2D eigenvalue weighted by molar-refractivity contribution is 0.0932. The van der Waals surface area contributed by atoms with Crippen molar-refractivity contribution in [2.75, 3.05) is 7.11 Å². The minimum atomic E-state index is -0.0898. The van der Waals surface area contributed by atoms with E-state index in [0.717, 1.165) is 42.7 Å². The van der Waals surface area contributed by atoms with Crippen LogP contribution in [0.2, 0.25) is 0 Å². The zero-order chi connectivity index (χ0) is 22.6. The Balaban J connectivity index is 1.34. The van der Waals surface area contributed by atoms with Gasteiger partial charge in [0, 0.05) is 34.8 Å². The van der Waals surface area contributed by atoms with Crippen molar-refractivity contribution in [2.24, 2.45) is 0 Å². The van der Waals surface area contributed by atoms with E-state index in [2.05, 4.69) is 32.3 Å². The summed E-state index contributed by atoms with van der Waals surface area (Å²) in [5.41, 5.74) is 5.08. The number of hydrogen-bond donors (Lipinski definition) is 1. The molecule has 7 heteroatoms. The molecule has 168 valence electrons. The molecule has 0 bridgehead atoms. The molecule has 5 rings (SSSR count). The lowest BCUT2D eigenvalue weighted by atomic mass is 9.92. The highest BCUT2D eigenvalue weighted by atomic mass is 16.5. The molecule has 2 heterocycles. The first-order chi connectivity index (χ1) is 16.2. The molecule has 0 aliphatic heterocycles. The molecule has 1 aliphatic carbocycles. The van der Waals surface area contributed by atoms with Gasteiger partial charge in [0.2, 0.25) is 0 Å². The SMILES string of the molecule is COc1ccc(C(=O)N[C@H]2CCCc3c2cnn3Cc2ccccc2)cc1Cn1cccn1. The minimum absolute atomic E-state index is 0.0394. The largest absolute Gasteiger partial charge is 0.496 e. The van der Waals surface area contributed by atoms with E-state index in [1.807, 2.05) is 59.5 Å². The molecule has 2 aromatic heterocycles. The first-order valence-electron chi connectivity index (χ1n) is 11.2. The maximum atomic E-state index is 13.2. The molecular formula is C26H27N5O2. The van der Waals surface area contributed by atoms with Gasteiger partial charge in [-0.05, 0) is 49.1 Å². The van der Waals surface area contributed by atoms with Crippen molar-refractivity contribution in [3.63, 3.8) is 0 Å². The fourth-order valence-corrected chi connectivity index (χ4v) is 4.51. The van der Waals surface area contributed by atoms with Crippen LogP contribution >= 0.6 is 0 Å². The van der Waals surface area contributed by atoms with Crippen LogP contribution in [0.5, 0.6) is 5.75 Å². The van der Waals surface area contributed by atoms with Gasteiger partial charge < -0.3 is 10.1 Å². The van der Waals surface area contributed by atoms with Crippen LogP contribution in [0.3, 0.4) is 0 Å². The molecule has 2 aromatic carbocycles. The van der Waals surface area contributed by atoms with E-state index >= 15 is 0 Å². The number of methoxy groups -OCH3 is 1. The first-order valence-corrected chi connectivity index (χ1v) is 11.2. The molecule has 0 fully saturated rings. The normalized spacial score (nSPS) is 15.1. The van der Waals surface area contributed by atoms with Gasteiger partial charge in [0.25, 0.3) is 5.91 Å². The highest BCUT2D eigenvalue weighted by Crippen LogP contribution is 2.30. The van der Waals surface area contributed by atoms with Crippen molar-refractivity contribution in [1.82, 2.24) is 24.9 Å². The highest BCUT2D eigenvalue weighted by molar-refractivity contribution is 5.94. The van der Waals surface area contributed by atoms with Crippen molar-refractivity contribution in [3.8, 4) is 5.75 Å². The number of hydrogen-bond acceptors (Lipinski definition) is 4. The molecule has 1 atom stereocenters. The second-order valence-electron chi connectivity index (χ2n) is 8.34. The maximum Gasteiger partial charge on any atom is 0.251 e. The highest BCUT2D eigenvalue weighted by Gasteiger charge is 2.26. The fourth-order valence-electron chi connectivity index (χ4n) is 4.51. The zero-order valence-electron chi connectivity index (χ0n) is 18.6. The Morgan fingerprint density at radius 3 is 2.79 bits per heavy atom. The number of aromatic nitrogens is 4. The predicted octanol–water partition coefficient (Wildman–Crippen LogP) is 3.99. The Kier molecular flexibility index (Phi) is 5.93. The van der Waals surface area contributed by atoms with E-state index in [1.54, 1.807) is 13.3 Å². The van der Waals surface area contributed by atoms with Crippen LogP contribution in [0.15, 0.2) is 73.2 Å². The Hall–Kier alpha value is -3.87. The van der Waals surface area contributed by atoms with Gasteiger partial charge in [-0.15, -0.1) is 0 Å². The first kappa shape index (κ1) is 21.0. The molecule has 7 nitrogen and oxygen atoms in total. The van der Waals surface area contributed by atoms with Gasteiger partial charge in [-0.25, -0.2) is 0 Å². The van der Waals surface area contributed by atoms with Crippen molar-refractivity contribution >= 4 is 5.91 Å². The van der Waals surface area contributed by atoms with Crippen molar-refractivity contribution in [3.05, 3.63) is 101 Å². The van der Waals surface area contributed by atoms with Crippen molar-refractivity contribution in [2.45, 2.75) is 38.4 Å². The molecule has 0 unspecified atom stereocenters. The summed E-state index contributed by atoms with van der Waals surface area (Å²) in [4.78, 5) is 13.2. The summed E-state index contributed by atoms with van der Waals surface area (Å²) in [5.74, 6) is 0.650. The van der Waals surface area contributed by atoms with Crippen LogP contribution in [-0.4, -0.2) is 32.6 Å². The van der Waals surface area contributed by atoms with Crippen LogP contribution < -0.4 is 10.1 Å². The van der Waals surface area contributed by atoms with Crippen LogP contribution in [0.4, 0.5) is 0 Å². The van der Waals surface area contributed by atoms with Gasteiger partial charge in [-0.2, -0.15) is 10.2 Å². The van der Waals surface area contributed by atoms with E-state index < -0.39 is 0 Å². The van der Waals surface area contributed by atoms with Crippen LogP contribution in [0, 0.1) is 0 Å². The maximum absolute atomic E-state index is 13.2. The smallest absolute Gasteiger partial charge is 0.251 e. The van der Waals surface area contributed by atoms with Crippen LogP contribution in [0.1, 0.15) is 51.6 Å². The van der Waals surface area contributed by atoms with E-state index in [9.17, 15) is 4.79 Å². The molecule has 1 aliphatic rings. The van der Waals surface area contributed by atoms with Gasteiger partial charge in [-0.1, -0.05) is 30.3 Å². The summed E-state index contributed by atoms with van der Waals surface area (Å²) in [5, 5.41) is 12.1. The number of nitrogens with one attached hydrogen (secondary N) is 1. The molecule has 4 aromatic rings. The number of rotatable bonds is 7. The quantitative estimate of drug-likeness (QED) is 0.471. The van der Waals surface area contributed by atoms with Crippen molar-refractivity contribution < 1.29 is 9.53 Å². The standard InChI is InChI=1S/C26H27N5O2/c1-33-25-12-11-20(15-21(25)18-30-14-6-13-27-30)26(32)29-23-9-5-10-24-22(23)16-28-31(24)17-19-7-3-2-4-8-19/h2-4,6-8,11-16,23H,5,9-10,17-18H2,1H3,(H,29,32)/t23-/m0/s1. The van der Waals surface area contributed by atoms with Gasteiger partial charge >= 0.3 is 0 Å². The average Bonchev–Trinajstić information content (AvgIpc) is 3.50. The summed E-state index contributed by atoms with van der Waals surface area (Å²) in [6, 6.07) is 17.7. The Bertz CT molecular complexity index is 1230. The number of fused-ring (bicyclic) bond motifs is 1. The lowest BCUT2D eigenvalue weighted by Crippen LogP contribution is -2.31.